The first-order valence-electron chi connectivity index (χ1n) is 9.73. The van der Waals surface area contributed by atoms with Crippen molar-refractivity contribution in [2.45, 2.75) is 39.3 Å². The van der Waals surface area contributed by atoms with Crippen LogP contribution in [0.15, 0.2) is 54.9 Å². The number of nitrogens with one attached hydrogen (secondary N) is 1. The van der Waals surface area contributed by atoms with Gasteiger partial charge in [-0.3, -0.25) is 9.78 Å². The van der Waals surface area contributed by atoms with Crippen molar-refractivity contribution in [2.75, 3.05) is 0 Å². The number of fused-ring (bicyclic) bond motifs is 1. The molecule has 2 aromatic carbocycles. The largest absolute Gasteiger partial charge is 0.506 e. The van der Waals surface area contributed by atoms with Gasteiger partial charge in [-0.05, 0) is 35.2 Å². The summed E-state index contributed by atoms with van der Waals surface area (Å²) in [6, 6.07) is 13.8. The maximum absolute atomic E-state index is 12.9. The summed E-state index contributed by atoms with van der Waals surface area (Å²) in [4.78, 5) is 17.0. The van der Waals surface area contributed by atoms with Crippen LogP contribution in [0.25, 0.3) is 10.8 Å². The molecular formula is C23H27N3O2. The number of pyridine rings is 1. The Morgan fingerprint density at radius 1 is 1.11 bits per heavy atom. The third-order valence-corrected chi connectivity index (χ3v) is 5.33. The smallest absolute Gasteiger partial charge is 0.223 e. The Bertz CT molecular complexity index is 967. The summed E-state index contributed by atoms with van der Waals surface area (Å²) in [5.74, 6) is -0.0217. The number of nitrogens with zero attached hydrogens (tertiary/aromatic N) is 1. The van der Waals surface area contributed by atoms with Gasteiger partial charge < -0.3 is 16.2 Å². The Balaban J connectivity index is 2.10. The van der Waals surface area contributed by atoms with Crippen molar-refractivity contribution in [3.05, 3.63) is 71.5 Å². The Hall–Kier alpha value is -2.92. The molecule has 1 aromatic heterocycles. The second kappa shape index (κ2) is 8.85. The van der Waals surface area contributed by atoms with Crippen LogP contribution in [0.1, 0.15) is 49.4 Å². The SMILES string of the molecule is CCC(CC)C(=O)N[C@H](c1ccc2ccccc2c1)c1cncc(O)c1CN. The lowest BCUT2D eigenvalue weighted by atomic mass is 9.92. The Kier molecular flexibility index (Phi) is 6.26. The van der Waals surface area contributed by atoms with Crippen molar-refractivity contribution in [3.63, 3.8) is 0 Å². The fourth-order valence-corrected chi connectivity index (χ4v) is 3.61. The standard InChI is InChI=1S/C23H27N3O2/c1-3-15(4-2)23(28)26-22(20-13-25-14-21(27)19(20)12-24)18-10-9-16-7-5-6-8-17(16)11-18/h5-11,13-15,22,27H,3-4,12,24H2,1-2H3,(H,26,28)/t22-/m1/s1. The number of aromatic hydroxyl groups is 1. The maximum atomic E-state index is 12.9. The normalized spacial score (nSPS) is 12.3. The van der Waals surface area contributed by atoms with Crippen LogP contribution < -0.4 is 11.1 Å². The number of nitrogens with two attached hydrogens (primary N) is 1. The molecule has 3 aromatic rings. The Morgan fingerprint density at radius 3 is 2.50 bits per heavy atom. The predicted molar refractivity (Wildman–Crippen MR) is 112 cm³/mol. The van der Waals surface area contributed by atoms with Gasteiger partial charge in [0.1, 0.15) is 5.75 Å². The number of carbonyl (C=O) groups is 1. The molecule has 0 aliphatic rings. The molecule has 0 fully saturated rings. The Morgan fingerprint density at radius 2 is 1.82 bits per heavy atom. The maximum Gasteiger partial charge on any atom is 0.223 e. The second-order valence-electron chi connectivity index (χ2n) is 6.99. The third kappa shape index (κ3) is 3.99. The summed E-state index contributed by atoms with van der Waals surface area (Å²) in [7, 11) is 0. The lowest BCUT2D eigenvalue weighted by molar-refractivity contribution is -0.125. The average Bonchev–Trinajstić information content (AvgIpc) is 2.72. The van der Waals surface area contributed by atoms with E-state index in [-0.39, 0.29) is 24.1 Å². The average molecular weight is 377 g/mol. The quantitative estimate of drug-likeness (QED) is 0.580. The fourth-order valence-electron chi connectivity index (χ4n) is 3.61. The topological polar surface area (TPSA) is 88.2 Å². The molecule has 28 heavy (non-hydrogen) atoms. The van der Waals surface area contributed by atoms with Gasteiger partial charge in [-0.15, -0.1) is 0 Å². The van der Waals surface area contributed by atoms with Gasteiger partial charge in [-0.2, -0.15) is 0 Å². The van der Waals surface area contributed by atoms with E-state index in [9.17, 15) is 9.90 Å². The molecule has 5 heteroatoms. The highest BCUT2D eigenvalue weighted by atomic mass is 16.3. The summed E-state index contributed by atoms with van der Waals surface area (Å²) in [5.41, 5.74) is 8.15. The summed E-state index contributed by atoms with van der Waals surface area (Å²) in [6.07, 6.45) is 4.60. The highest BCUT2D eigenvalue weighted by Crippen LogP contribution is 2.31. The van der Waals surface area contributed by atoms with Gasteiger partial charge >= 0.3 is 0 Å². The van der Waals surface area contributed by atoms with Gasteiger partial charge in [0.2, 0.25) is 5.91 Å². The predicted octanol–water partition coefficient (Wildman–Crippen LogP) is 4.04. The zero-order chi connectivity index (χ0) is 20.1. The van der Waals surface area contributed by atoms with Crippen LogP contribution in [-0.2, 0) is 11.3 Å². The van der Waals surface area contributed by atoms with Crippen LogP contribution in [-0.4, -0.2) is 16.0 Å². The molecule has 0 unspecified atom stereocenters. The van der Waals surface area contributed by atoms with E-state index in [2.05, 4.69) is 22.4 Å². The minimum Gasteiger partial charge on any atom is -0.506 e. The number of hydrogen-bond donors (Lipinski definition) is 3. The molecule has 4 N–H and O–H groups in total. The molecule has 0 aliphatic carbocycles. The van der Waals surface area contributed by atoms with Crippen LogP contribution in [0.4, 0.5) is 0 Å². The highest BCUT2D eigenvalue weighted by molar-refractivity contribution is 5.84. The lowest BCUT2D eigenvalue weighted by Gasteiger charge is -2.25. The molecule has 5 nitrogen and oxygen atoms in total. The van der Waals surface area contributed by atoms with Gasteiger partial charge in [-0.1, -0.05) is 50.2 Å². The molecule has 0 spiro atoms. The van der Waals surface area contributed by atoms with Crippen LogP contribution >= 0.6 is 0 Å². The molecule has 1 heterocycles. The molecule has 0 saturated heterocycles. The van der Waals surface area contributed by atoms with Gasteiger partial charge in [0.05, 0.1) is 12.2 Å². The van der Waals surface area contributed by atoms with Crippen molar-refractivity contribution < 1.29 is 9.90 Å². The number of aromatic nitrogens is 1. The van der Waals surface area contributed by atoms with Crippen LogP contribution in [0.2, 0.25) is 0 Å². The van der Waals surface area contributed by atoms with Crippen molar-refractivity contribution in [2.24, 2.45) is 11.7 Å². The third-order valence-electron chi connectivity index (χ3n) is 5.33. The monoisotopic (exact) mass is 377 g/mol. The van der Waals surface area contributed by atoms with E-state index in [1.165, 1.54) is 6.20 Å². The van der Waals surface area contributed by atoms with E-state index in [1.807, 2.05) is 44.2 Å². The number of amides is 1. The highest BCUT2D eigenvalue weighted by Gasteiger charge is 2.24. The summed E-state index contributed by atoms with van der Waals surface area (Å²) in [6.45, 7) is 4.19. The van der Waals surface area contributed by atoms with E-state index in [0.717, 1.165) is 34.7 Å². The number of hydrogen-bond acceptors (Lipinski definition) is 4. The molecule has 0 saturated carbocycles. The lowest BCUT2D eigenvalue weighted by Crippen LogP contribution is -2.35. The summed E-state index contributed by atoms with van der Waals surface area (Å²) in [5, 5.41) is 15.6. The van der Waals surface area contributed by atoms with Gasteiger partial charge in [0.15, 0.2) is 0 Å². The van der Waals surface area contributed by atoms with Crippen molar-refractivity contribution in [1.29, 1.82) is 0 Å². The summed E-state index contributed by atoms with van der Waals surface area (Å²) < 4.78 is 0. The molecule has 0 aliphatic heterocycles. The summed E-state index contributed by atoms with van der Waals surface area (Å²) >= 11 is 0. The first-order chi connectivity index (χ1) is 13.6. The molecule has 3 rings (SSSR count). The van der Waals surface area contributed by atoms with Crippen LogP contribution in [0, 0.1) is 5.92 Å². The Labute approximate surface area is 165 Å². The molecule has 0 radical (unpaired) electrons. The number of benzene rings is 2. The van der Waals surface area contributed by atoms with Crippen LogP contribution in [0.5, 0.6) is 5.75 Å². The second-order valence-corrected chi connectivity index (χ2v) is 6.99. The van der Waals surface area contributed by atoms with E-state index in [1.54, 1.807) is 6.20 Å². The molecule has 1 atom stereocenters. The first kappa shape index (κ1) is 19.8. The van der Waals surface area contributed by atoms with Crippen LogP contribution in [0.3, 0.4) is 0 Å². The van der Waals surface area contributed by atoms with E-state index in [0.29, 0.717) is 5.56 Å². The molecular weight excluding hydrogens is 350 g/mol. The number of carbonyl (C=O) groups excluding carboxylic acids is 1. The zero-order valence-electron chi connectivity index (χ0n) is 16.4. The minimum atomic E-state index is -0.434. The molecule has 0 bridgehead atoms. The fraction of sp³-hybridized carbons (Fsp3) is 0.304. The van der Waals surface area contributed by atoms with Gasteiger partial charge in [0.25, 0.3) is 0 Å². The van der Waals surface area contributed by atoms with E-state index < -0.39 is 6.04 Å². The van der Waals surface area contributed by atoms with E-state index >= 15 is 0 Å². The van der Waals surface area contributed by atoms with Crippen molar-refractivity contribution >= 4 is 16.7 Å². The minimum absolute atomic E-state index is 0.00512. The zero-order valence-corrected chi connectivity index (χ0v) is 16.4. The van der Waals surface area contributed by atoms with Crippen molar-refractivity contribution in [1.82, 2.24) is 10.3 Å². The van der Waals surface area contributed by atoms with Gasteiger partial charge in [0, 0.05) is 29.8 Å². The molecule has 1 amide bonds. The molecule has 146 valence electrons. The van der Waals surface area contributed by atoms with Crippen molar-refractivity contribution in [3.8, 4) is 5.75 Å². The van der Waals surface area contributed by atoms with Gasteiger partial charge in [-0.25, -0.2) is 0 Å². The first-order valence-corrected chi connectivity index (χ1v) is 9.73. The van der Waals surface area contributed by atoms with E-state index in [4.69, 9.17) is 5.73 Å². The number of rotatable bonds is 7.